The van der Waals surface area contributed by atoms with E-state index in [1.165, 1.54) is 25.7 Å². The van der Waals surface area contributed by atoms with Gasteiger partial charge in [0.25, 0.3) is 0 Å². The van der Waals surface area contributed by atoms with Gasteiger partial charge < -0.3 is 14.4 Å². The molecule has 0 unspecified atom stereocenters. The molecule has 2 saturated carbocycles. The maximum Gasteiger partial charge on any atom is 0.242 e. The first kappa shape index (κ1) is 21.7. The van der Waals surface area contributed by atoms with Crippen molar-refractivity contribution < 1.29 is 9.59 Å². The Hall–Kier alpha value is -2.56. The zero-order valence-electron chi connectivity index (χ0n) is 18.7. The maximum atomic E-state index is 13.4. The molecule has 5 nitrogen and oxygen atoms in total. The first-order valence-corrected chi connectivity index (χ1v) is 11.8. The number of rotatable bonds is 10. The average Bonchev–Trinajstić information content (AvgIpc) is 3.32. The highest BCUT2D eigenvalue weighted by atomic mass is 16.2. The molecule has 1 aromatic carbocycles. The molecule has 4 rings (SSSR count). The van der Waals surface area contributed by atoms with Crippen molar-refractivity contribution >= 4 is 11.8 Å². The molecule has 1 heterocycles. The van der Waals surface area contributed by atoms with E-state index >= 15 is 0 Å². The lowest BCUT2D eigenvalue weighted by Gasteiger charge is -2.28. The van der Waals surface area contributed by atoms with Gasteiger partial charge >= 0.3 is 0 Å². The summed E-state index contributed by atoms with van der Waals surface area (Å²) in [6.45, 7) is 1.30. The zero-order valence-corrected chi connectivity index (χ0v) is 18.7. The fourth-order valence-electron chi connectivity index (χ4n) is 4.72. The molecule has 0 spiro atoms. The van der Waals surface area contributed by atoms with Crippen LogP contribution in [0.3, 0.4) is 0 Å². The second kappa shape index (κ2) is 10.2. The SMILES string of the molecule is Cn1cccc1CN(Cc1ccccc1)C(=O)CN(C(=O)CCC1CCCC1)C1CC1. The van der Waals surface area contributed by atoms with Crippen LogP contribution in [0.5, 0.6) is 0 Å². The Bertz CT molecular complexity index is 866. The van der Waals surface area contributed by atoms with Gasteiger partial charge in [-0.05, 0) is 42.9 Å². The Kier molecular flexibility index (Phi) is 7.10. The molecule has 0 N–H and O–H groups in total. The van der Waals surface area contributed by atoms with Gasteiger partial charge in [0, 0.05) is 37.9 Å². The first-order chi connectivity index (χ1) is 15.1. The summed E-state index contributed by atoms with van der Waals surface area (Å²) in [4.78, 5) is 30.2. The molecular weight excluding hydrogens is 386 g/mol. The Morgan fingerprint density at radius 3 is 2.32 bits per heavy atom. The van der Waals surface area contributed by atoms with E-state index in [0.717, 1.165) is 30.5 Å². The fourth-order valence-corrected chi connectivity index (χ4v) is 4.72. The fraction of sp³-hybridized carbons (Fsp3) is 0.538. The van der Waals surface area contributed by atoms with E-state index in [4.69, 9.17) is 0 Å². The number of aryl methyl sites for hydroxylation is 1. The number of carbonyl (C=O) groups excluding carboxylic acids is 2. The van der Waals surface area contributed by atoms with E-state index in [-0.39, 0.29) is 24.4 Å². The molecule has 0 bridgehead atoms. The molecule has 5 heteroatoms. The second-order valence-corrected chi connectivity index (χ2v) is 9.29. The van der Waals surface area contributed by atoms with E-state index in [1.54, 1.807) is 0 Å². The van der Waals surface area contributed by atoms with E-state index in [2.05, 4.69) is 22.8 Å². The van der Waals surface area contributed by atoms with Gasteiger partial charge in [-0.25, -0.2) is 0 Å². The van der Waals surface area contributed by atoms with Crippen LogP contribution in [0.25, 0.3) is 0 Å². The highest BCUT2D eigenvalue weighted by molar-refractivity contribution is 5.85. The van der Waals surface area contributed by atoms with E-state index in [9.17, 15) is 9.59 Å². The topological polar surface area (TPSA) is 45.6 Å². The molecule has 2 aromatic rings. The third-order valence-corrected chi connectivity index (χ3v) is 6.83. The van der Waals surface area contributed by atoms with Crippen molar-refractivity contribution in [3.8, 4) is 0 Å². The monoisotopic (exact) mass is 421 g/mol. The van der Waals surface area contributed by atoms with Gasteiger partial charge in [-0.2, -0.15) is 0 Å². The van der Waals surface area contributed by atoms with E-state index in [0.29, 0.717) is 25.4 Å². The van der Waals surface area contributed by atoms with Crippen molar-refractivity contribution in [1.29, 1.82) is 0 Å². The van der Waals surface area contributed by atoms with Gasteiger partial charge in [-0.15, -0.1) is 0 Å². The summed E-state index contributed by atoms with van der Waals surface area (Å²) in [6, 6.07) is 14.4. The first-order valence-electron chi connectivity index (χ1n) is 11.8. The van der Waals surface area contributed by atoms with E-state index < -0.39 is 0 Å². The third-order valence-electron chi connectivity index (χ3n) is 6.83. The normalized spacial score (nSPS) is 16.4. The Morgan fingerprint density at radius 1 is 0.935 bits per heavy atom. The molecule has 166 valence electrons. The molecular formula is C26H35N3O2. The van der Waals surface area contributed by atoms with Crippen LogP contribution >= 0.6 is 0 Å². The van der Waals surface area contributed by atoms with Crippen LogP contribution in [-0.2, 0) is 29.7 Å². The number of aromatic nitrogens is 1. The van der Waals surface area contributed by atoms with Gasteiger partial charge in [0.2, 0.25) is 11.8 Å². The predicted molar refractivity (Wildman–Crippen MR) is 122 cm³/mol. The van der Waals surface area contributed by atoms with Crippen molar-refractivity contribution in [2.45, 2.75) is 70.5 Å². The molecule has 1 aromatic heterocycles. The number of benzene rings is 1. The van der Waals surface area contributed by atoms with Gasteiger partial charge in [0.1, 0.15) is 6.54 Å². The quantitative estimate of drug-likeness (QED) is 0.566. The molecule has 0 atom stereocenters. The Balaban J connectivity index is 1.42. The van der Waals surface area contributed by atoms with Gasteiger partial charge in [-0.3, -0.25) is 9.59 Å². The minimum absolute atomic E-state index is 0.0335. The predicted octanol–water partition coefficient (Wildman–Crippen LogP) is 4.52. The molecule has 2 fully saturated rings. The number of nitrogens with zero attached hydrogens (tertiary/aromatic N) is 3. The van der Waals surface area contributed by atoms with Gasteiger partial charge in [0.05, 0.1) is 6.54 Å². The third kappa shape index (κ3) is 5.99. The van der Waals surface area contributed by atoms with E-state index in [1.807, 2.05) is 47.3 Å². The lowest BCUT2D eigenvalue weighted by Crippen LogP contribution is -2.43. The van der Waals surface area contributed by atoms with Crippen molar-refractivity contribution in [1.82, 2.24) is 14.4 Å². The summed E-state index contributed by atoms with van der Waals surface area (Å²) in [5.41, 5.74) is 2.20. The van der Waals surface area contributed by atoms with Crippen LogP contribution < -0.4 is 0 Å². The molecule has 0 radical (unpaired) electrons. The summed E-state index contributed by atoms with van der Waals surface area (Å²) in [5, 5.41) is 0. The molecule has 0 saturated heterocycles. The Labute approximate surface area is 186 Å². The summed E-state index contributed by atoms with van der Waals surface area (Å²) < 4.78 is 2.05. The number of hydrogen-bond donors (Lipinski definition) is 0. The van der Waals surface area contributed by atoms with Crippen molar-refractivity contribution in [2.75, 3.05) is 6.54 Å². The van der Waals surface area contributed by atoms with Crippen LogP contribution in [0.4, 0.5) is 0 Å². The van der Waals surface area contributed by atoms with Crippen LogP contribution in [0, 0.1) is 5.92 Å². The minimum atomic E-state index is 0.0335. The lowest BCUT2D eigenvalue weighted by molar-refractivity contribution is -0.142. The summed E-state index contributed by atoms with van der Waals surface area (Å²) in [7, 11) is 2.00. The van der Waals surface area contributed by atoms with Gasteiger partial charge in [-0.1, -0.05) is 56.0 Å². The largest absolute Gasteiger partial charge is 0.353 e. The molecule has 2 aliphatic carbocycles. The number of amides is 2. The van der Waals surface area contributed by atoms with Crippen molar-refractivity contribution in [2.24, 2.45) is 13.0 Å². The number of carbonyl (C=O) groups is 2. The molecule has 0 aliphatic heterocycles. The number of hydrogen-bond acceptors (Lipinski definition) is 2. The van der Waals surface area contributed by atoms with Crippen LogP contribution in [0.15, 0.2) is 48.7 Å². The smallest absolute Gasteiger partial charge is 0.242 e. The van der Waals surface area contributed by atoms with Crippen LogP contribution in [-0.4, -0.2) is 38.8 Å². The molecule has 31 heavy (non-hydrogen) atoms. The summed E-state index contributed by atoms with van der Waals surface area (Å²) in [6.07, 6.45) is 10.8. The lowest BCUT2D eigenvalue weighted by atomic mass is 10.0. The Morgan fingerprint density at radius 2 is 1.68 bits per heavy atom. The highest BCUT2D eigenvalue weighted by Gasteiger charge is 2.35. The molecule has 2 amide bonds. The van der Waals surface area contributed by atoms with Crippen LogP contribution in [0.1, 0.15) is 62.6 Å². The maximum absolute atomic E-state index is 13.4. The summed E-state index contributed by atoms with van der Waals surface area (Å²) in [5.74, 6) is 0.903. The highest BCUT2D eigenvalue weighted by Crippen LogP contribution is 2.31. The summed E-state index contributed by atoms with van der Waals surface area (Å²) >= 11 is 0. The van der Waals surface area contributed by atoms with Crippen molar-refractivity contribution in [3.05, 3.63) is 59.9 Å². The second-order valence-electron chi connectivity index (χ2n) is 9.29. The minimum Gasteiger partial charge on any atom is -0.353 e. The van der Waals surface area contributed by atoms with Crippen LogP contribution in [0.2, 0.25) is 0 Å². The van der Waals surface area contributed by atoms with Crippen molar-refractivity contribution in [3.63, 3.8) is 0 Å². The average molecular weight is 422 g/mol. The molecule has 2 aliphatic rings. The standard InChI is InChI=1S/C26H35N3O2/c1-27-17-7-12-24(27)19-28(18-22-10-3-2-4-11-22)26(31)20-29(23-14-15-23)25(30)16-13-21-8-5-6-9-21/h2-4,7,10-12,17,21,23H,5-6,8-9,13-16,18-20H2,1H3. The zero-order chi connectivity index (χ0) is 21.6. The van der Waals surface area contributed by atoms with Gasteiger partial charge in [0.15, 0.2) is 0 Å².